The first-order valence-corrected chi connectivity index (χ1v) is 8.07. The molecular formula is C17H20N6. The van der Waals surface area contributed by atoms with E-state index in [0.717, 1.165) is 48.4 Å². The van der Waals surface area contributed by atoms with Crippen LogP contribution in [-0.2, 0) is 0 Å². The van der Waals surface area contributed by atoms with Crippen LogP contribution in [0, 0.1) is 0 Å². The van der Waals surface area contributed by atoms with Crippen molar-refractivity contribution < 1.29 is 0 Å². The number of rotatable bonds is 3. The van der Waals surface area contributed by atoms with Gasteiger partial charge in [0, 0.05) is 36.2 Å². The smallest absolute Gasteiger partial charge is 0.161 e. The van der Waals surface area contributed by atoms with Crippen molar-refractivity contribution in [2.45, 2.75) is 37.8 Å². The van der Waals surface area contributed by atoms with Gasteiger partial charge in [-0.1, -0.05) is 0 Å². The molecule has 0 bridgehead atoms. The molecular weight excluding hydrogens is 288 g/mol. The van der Waals surface area contributed by atoms with Crippen molar-refractivity contribution in [2.75, 3.05) is 5.32 Å². The monoisotopic (exact) mass is 308 g/mol. The molecule has 1 aliphatic rings. The zero-order valence-corrected chi connectivity index (χ0v) is 12.9. The molecule has 0 aromatic carbocycles. The van der Waals surface area contributed by atoms with Gasteiger partial charge in [-0.2, -0.15) is 5.10 Å². The minimum atomic E-state index is 0.358. The molecule has 118 valence electrons. The Bertz CT molecular complexity index is 803. The Morgan fingerprint density at radius 2 is 1.96 bits per heavy atom. The molecule has 0 spiro atoms. The highest BCUT2D eigenvalue weighted by Gasteiger charge is 2.18. The third kappa shape index (κ3) is 3.03. The lowest BCUT2D eigenvalue weighted by Gasteiger charge is -2.27. The average Bonchev–Trinajstić information content (AvgIpc) is 3.05. The van der Waals surface area contributed by atoms with Crippen LogP contribution in [0.5, 0.6) is 0 Å². The summed E-state index contributed by atoms with van der Waals surface area (Å²) in [5.41, 5.74) is 7.99. The molecule has 1 fully saturated rings. The van der Waals surface area contributed by atoms with Crippen molar-refractivity contribution in [3.63, 3.8) is 0 Å². The number of fused-ring (bicyclic) bond motifs is 1. The van der Waals surface area contributed by atoms with Crippen molar-refractivity contribution in [1.29, 1.82) is 0 Å². The lowest BCUT2D eigenvalue weighted by Crippen LogP contribution is -2.33. The maximum atomic E-state index is 5.97. The van der Waals surface area contributed by atoms with E-state index in [9.17, 15) is 0 Å². The normalized spacial score (nSPS) is 21.4. The molecule has 3 aromatic rings. The summed E-state index contributed by atoms with van der Waals surface area (Å²) in [4.78, 5) is 9.07. The number of nitrogens with two attached hydrogens (primary N) is 1. The van der Waals surface area contributed by atoms with Crippen LogP contribution in [-0.4, -0.2) is 31.7 Å². The highest BCUT2D eigenvalue weighted by molar-refractivity contribution is 5.64. The maximum absolute atomic E-state index is 5.97. The molecule has 0 saturated heterocycles. The first-order valence-electron chi connectivity index (χ1n) is 8.07. The Morgan fingerprint density at radius 3 is 2.83 bits per heavy atom. The average molecular weight is 308 g/mol. The molecule has 1 saturated carbocycles. The highest BCUT2D eigenvalue weighted by atomic mass is 15.2. The van der Waals surface area contributed by atoms with Gasteiger partial charge in [0.05, 0.1) is 5.52 Å². The first-order chi connectivity index (χ1) is 11.3. The summed E-state index contributed by atoms with van der Waals surface area (Å²) in [5.74, 6) is 1.61. The number of pyridine rings is 1. The van der Waals surface area contributed by atoms with Gasteiger partial charge in [-0.05, 0) is 49.9 Å². The quantitative estimate of drug-likeness (QED) is 0.777. The molecule has 0 amide bonds. The second-order valence-corrected chi connectivity index (χ2v) is 6.14. The largest absolute Gasteiger partial charge is 0.367 e. The second kappa shape index (κ2) is 5.96. The Hall–Kier alpha value is -2.47. The van der Waals surface area contributed by atoms with Gasteiger partial charge in [0.15, 0.2) is 5.82 Å². The molecule has 0 radical (unpaired) electrons. The summed E-state index contributed by atoms with van der Waals surface area (Å²) in [6, 6.07) is 8.74. The van der Waals surface area contributed by atoms with E-state index < -0.39 is 0 Å². The number of aromatic nitrogens is 4. The van der Waals surface area contributed by atoms with Gasteiger partial charge in [0.25, 0.3) is 0 Å². The van der Waals surface area contributed by atoms with Crippen LogP contribution >= 0.6 is 0 Å². The van der Waals surface area contributed by atoms with Gasteiger partial charge in [-0.15, -0.1) is 0 Å². The molecule has 1 aliphatic carbocycles. The van der Waals surface area contributed by atoms with Crippen molar-refractivity contribution in [3.8, 4) is 11.4 Å². The van der Waals surface area contributed by atoms with Crippen molar-refractivity contribution in [1.82, 2.24) is 19.6 Å². The lowest BCUT2D eigenvalue weighted by molar-refractivity contribution is 0.410. The summed E-state index contributed by atoms with van der Waals surface area (Å²) in [5, 5.41) is 7.73. The van der Waals surface area contributed by atoms with Crippen LogP contribution < -0.4 is 11.1 Å². The van der Waals surface area contributed by atoms with Gasteiger partial charge >= 0.3 is 0 Å². The van der Waals surface area contributed by atoms with Gasteiger partial charge in [-0.25, -0.2) is 14.5 Å². The van der Waals surface area contributed by atoms with E-state index in [1.165, 1.54) is 0 Å². The van der Waals surface area contributed by atoms with E-state index in [1.807, 2.05) is 35.0 Å². The summed E-state index contributed by atoms with van der Waals surface area (Å²) in [7, 11) is 0. The molecule has 6 heteroatoms. The van der Waals surface area contributed by atoms with Crippen molar-refractivity contribution in [3.05, 3.63) is 42.9 Å². The molecule has 0 unspecified atom stereocenters. The van der Waals surface area contributed by atoms with Crippen LogP contribution in [0.2, 0.25) is 0 Å². The van der Waals surface area contributed by atoms with Crippen molar-refractivity contribution >= 4 is 11.3 Å². The Kier molecular flexibility index (Phi) is 3.67. The molecule has 23 heavy (non-hydrogen) atoms. The van der Waals surface area contributed by atoms with Crippen LogP contribution in [0.1, 0.15) is 25.7 Å². The Morgan fingerprint density at radius 1 is 1.09 bits per heavy atom. The zero-order valence-electron chi connectivity index (χ0n) is 12.9. The molecule has 3 heterocycles. The number of hydrogen-bond donors (Lipinski definition) is 2. The van der Waals surface area contributed by atoms with Crippen LogP contribution in [0.4, 0.5) is 5.82 Å². The predicted octanol–water partition coefficient (Wildman–Crippen LogP) is 2.47. The number of nitrogens with one attached hydrogen (secondary N) is 1. The fourth-order valence-corrected chi connectivity index (χ4v) is 3.11. The van der Waals surface area contributed by atoms with E-state index in [0.29, 0.717) is 12.1 Å². The third-order valence-electron chi connectivity index (χ3n) is 4.44. The minimum absolute atomic E-state index is 0.358. The first kappa shape index (κ1) is 14.1. The number of hydrogen-bond acceptors (Lipinski definition) is 5. The van der Waals surface area contributed by atoms with Crippen LogP contribution in [0.3, 0.4) is 0 Å². The third-order valence-corrected chi connectivity index (χ3v) is 4.44. The SMILES string of the molecule is NC1CCC(Nc2ccnc(-c3ccn4nccc4c3)n2)CC1. The Labute approximate surface area is 134 Å². The minimum Gasteiger partial charge on any atom is -0.367 e. The highest BCUT2D eigenvalue weighted by Crippen LogP contribution is 2.22. The second-order valence-electron chi connectivity index (χ2n) is 6.14. The van der Waals surface area contributed by atoms with Crippen LogP contribution in [0.15, 0.2) is 42.9 Å². The Balaban J connectivity index is 1.55. The van der Waals surface area contributed by atoms with E-state index in [1.54, 1.807) is 12.4 Å². The number of anilines is 1. The molecule has 3 aromatic heterocycles. The predicted molar refractivity (Wildman–Crippen MR) is 90.1 cm³/mol. The van der Waals surface area contributed by atoms with Crippen LogP contribution in [0.25, 0.3) is 16.9 Å². The van der Waals surface area contributed by atoms with Gasteiger partial charge in [0.1, 0.15) is 5.82 Å². The van der Waals surface area contributed by atoms with Gasteiger partial charge in [-0.3, -0.25) is 0 Å². The fraction of sp³-hybridized carbons (Fsp3) is 0.353. The standard InChI is InChI=1S/C17H20N6/c18-13-1-3-14(4-2-13)21-16-6-8-19-17(22-16)12-7-10-23-15(11-12)5-9-20-23/h5-11,13-14H,1-4,18H2,(H,19,21,22). The summed E-state index contributed by atoms with van der Waals surface area (Å²) < 4.78 is 1.83. The maximum Gasteiger partial charge on any atom is 0.161 e. The van der Waals surface area contributed by atoms with E-state index >= 15 is 0 Å². The van der Waals surface area contributed by atoms with Gasteiger partial charge in [0.2, 0.25) is 0 Å². The van der Waals surface area contributed by atoms with Crippen molar-refractivity contribution in [2.24, 2.45) is 5.73 Å². The fourth-order valence-electron chi connectivity index (χ4n) is 3.11. The zero-order chi connectivity index (χ0) is 15.6. The molecule has 0 aliphatic heterocycles. The molecule has 0 atom stereocenters. The summed E-state index contributed by atoms with van der Waals surface area (Å²) in [6.07, 6.45) is 9.87. The molecule has 4 rings (SSSR count). The lowest BCUT2D eigenvalue weighted by atomic mass is 9.92. The topological polar surface area (TPSA) is 81.1 Å². The van der Waals surface area contributed by atoms with E-state index in [4.69, 9.17) is 5.73 Å². The summed E-state index contributed by atoms with van der Waals surface area (Å²) in [6.45, 7) is 0. The summed E-state index contributed by atoms with van der Waals surface area (Å²) >= 11 is 0. The van der Waals surface area contributed by atoms with Gasteiger partial charge < -0.3 is 11.1 Å². The van der Waals surface area contributed by atoms with E-state index in [-0.39, 0.29) is 0 Å². The molecule has 6 nitrogen and oxygen atoms in total. The number of nitrogens with zero attached hydrogens (tertiary/aromatic N) is 4. The van der Waals surface area contributed by atoms with E-state index in [2.05, 4.69) is 20.4 Å². The molecule has 3 N–H and O–H groups in total.